The first kappa shape index (κ1) is 6.91. The summed E-state index contributed by atoms with van der Waals surface area (Å²) in [5, 5.41) is 13.6. The van der Waals surface area contributed by atoms with Gasteiger partial charge < -0.3 is 0 Å². The molecule has 1 aliphatic rings. The van der Waals surface area contributed by atoms with Crippen molar-refractivity contribution in [3.05, 3.63) is 35.2 Å². The lowest BCUT2D eigenvalue weighted by atomic mass is 10.2. The normalized spacial score (nSPS) is 21.3. The van der Waals surface area contributed by atoms with Gasteiger partial charge in [0.25, 0.3) is 0 Å². The van der Waals surface area contributed by atoms with Gasteiger partial charge in [0, 0.05) is 4.90 Å². The van der Waals surface area contributed by atoms with E-state index in [0.29, 0.717) is 0 Å². The highest BCUT2D eigenvalue weighted by molar-refractivity contribution is 8.32. The molecule has 0 saturated heterocycles. The molecule has 0 radical (unpaired) electrons. The predicted octanol–water partition coefficient (Wildman–Crippen LogP) is 1.58. The van der Waals surface area contributed by atoms with Gasteiger partial charge in [-0.2, -0.15) is 0 Å². The van der Waals surface area contributed by atoms with Crippen molar-refractivity contribution in [3.8, 4) is 0 Å². The molecule has 4 N–H and O–H groups in total. The zero-order valence-corrected chi connectivity index (χ0v) is 6.84. The molecule has 0 bridgehead atoms. The molecule has 0 amide bonds. The second-order valence-electron chi connectivity index (χ2n) is 2.60. The summed E-state index contributed by atoms with van der Waals surface area (Å²) in [6.45, 7) is 0. The molecular weight excluding hydrogens is 156 g/mol. The Morgan fingerprint density at radius 2 is 1.82 bits per heavy atom. The highest BCUT2D eigenvalue weighted by Crippen LogP contribution is 2.49. The van der Waals surface area contributed by atoms with Crippen LogP contribution in [0, 0.1) is 0 Å². The topological polar surface area (TPSA) is 52.0 Å². The van der Waals surface area contributed by atoms with Gasteiger partial charge in [-0.15, -0.1) is 0 Å². The van der Waals surface area contributed by atoms with Gasteiger partial charge in [-0.25, -0.2) is 0 Å². The third kappa shape index (κ3) is 0.976. The first-order valence-corrected chi connectivity index (χ1v) is 5.18. The molecule has 1 aromatic rings. The van der Waals surface area contributed by atoms with Crippen molar-refractivity contribution in [1.82, 2.24) is 0 Å². The molecular formula is C8H10N2S. The molecule has 0 aromatic heterocycles. The molecule has 58 valence electrons. The van der Waals surface area contributed by atoms with E-state index < -0.39 is 10.4 Å². The summed E-state index contributed by atoms with van der Waals surface area (Å²) in [5.41, 5.74) is 1.16. The zero-order valence-electron chi connectivity index (χ0n) is 6.03. The van der Waals surface area contributed by atoms with Crippen LogP contribution in [0.1, 0.15) is 5.56 Å². The van der Waals surface area contributed by atoms with E-state index in [0.717, 1.165) is 10.5 Å². The van der Waals surface area contributed by atoms with E-state index in [9.17, 15) is 0 Å². The summed E-state index contributed by atoms with van der Waals surface area (Å²) in [6.07, 6.45) is 1.99. The summed E-state index contributed by atoms with van der Waals surface area (Å²) in [7, 11) is -1.59. The maximum absolute atomic E-state index is 5.86. The molecule has 0 aliphatic carbocycles. The Balaban J connectivity index is 2.64. The van der Waals surface area contributed by atoms with Gasteiger partial charge in [-0.3, -0.25) is 10.3 Å². The summed E-state index contributed by atoms with van der Waals surface area (Å²) in [6, 6.07) is 7.97. The van der Waals surface area contributed by atoms with E-state index in [1.165, 1.54) is 0 Å². The Bertz CT molecular complexity index is 318. The highest BCUT2D eigenvalue weighted by atomic mass is 32.3. The number of hydrogen-bond acceptors (Lipinski definition) is 2. The second-order valence-corrected chi connectivity index (χ2v) is 4.84. The van der Waals surface area contributed by atoms with Crippen LogP contribution in [0.25, 0.3) is 6.08 Å². The molecule has 11 heavy (non-hydrogen) atoms. The first-order chi connectivity index (χ1) is 5.20. The maximum atomic E-state index is 5.86. The van der Waals surface area contributed by atoms with Gasteiger partial charge in [0.1, 0.15) is 0 Å². The van der Waals surface area contributed by atoms with Crippen molar-refractivity contribution >= 4 is 16.5 Å². The molecule has 1 aliphatic heterocycles. The fraction of sp³-hybridized carbons (Fsp3) is 0. The average Bonchev–Trinajstić information content (AvgIpc) is 2.29. The largest absolute Gasteiger partial charge is 0.277 e. The van der Waals surface area contributed by atoms with Crippen LogP contribution in [0.5, 0.6) is 0 Å². The van der Waals surface area contributed by atoms with Crippen molar-refractivity contribution in [1.29, 1.82) is 0 Å². The van der Waals surface area contributed by atoms with Crippen LogP contribution in [-0.2, 0) is 0 Å². The molecule has 1 aromatic carbocycles. The van der Waals surface area contributed by atoms with Crippen molar-refractivity contribution < 1.29 is 0 Å². The Kier molecular flexibility index (Phi) is 1.32. The summed E-state index contributed by atoms with van der Waals surface area (Å²) < 4.78 is 0. The second kappa shape index (κ2) is 2.11. The minimum Gasteiger partial charge on any atom is -0.277 e. The fourth-order valence-electron chi connectivity index (χ4n) is 1.20. The lowest BCUT2D eigenvalue weighted by Crippen LogP contribution is -2.15. The monoisotopic (exact) mass is 166 g/mol. The van der Waals surface area contributed by atoms with Gasteiger partial charge in [0.05, 0.1) is 0 Å². The van der Waals surface area contributed by atoms with Crippen LogP contribution in [-0.4, -0.2) is 0 Å². The molecule has 0 saturated carbocycles. The van der Waals surface area contributed by atoms with Crippen LogP contribution >= 0.6 is 10.4 Å². The van der Waals surface area contributed by atoms with Gasteiger partial charge in [0.15, 0.2) is 0 Å². The summed E-state index contributed by atoms with van der Waals surface area (Å²) in [5.74, 6) is 0. The van der Waals surface area contributed by atoms with Crippen molar-refractivity contribution in [3.63, 3.8) is 0 Å². The van der Waals surface area contributed by atoms with E-state index in [-0.39, 0.29) is 0 Å². The molecule has 0 atom stereocenters. The highest BCUT2D eigenvalue weighted by Gasteiger charge is 2.19. The lowest BCUT2D eigenvalue weighted by Gasteiger charge is -2.23. The SMILES string of the molecule is NS1(N)C=Cc2ccccc21. The van der Waals surface area contributed by atoms with Gasteiger partial charge in [-0.1, -0.05) is 28.6 Å². The van der Waals surface area contributed by atoms with Crippen LogP contribution in [0.2, 0.25) is 0 Å². The molecule has 2 rings (SSSR count). The van der Waals surface area contributed by atoms with E-state index >= 15 is 0 Å². The number of nitrogens with two attached hydrogens (primary N) is 2. The van der Waals surface area contributed by atoms with E-state index in [1.54, 1.807) is 0 Å². The van der Waals surface area contributed by atoms with Crippen LogP contribution < -0.4 is 10.3 Å². The minimum atomic E-state index is -1.59. The van der Waals surface area contributed by atoms with Crippen molar-refractivity contribution in [2.45, 2.75) is 4.90 Å². The van der Waals surface area contributed by atoms with Crippen molar-refractivity contribution in [2.75, 3.05) is 0 Å². The fourth-order valence-corrected chi connectivity index (χ4v) is 2.58. The van der Waals surface area contributed by atoms with Crippen LogP contribution in [0.15, 0.2) is 34.6 Å². The number of fused-ring (bicyclic) bond motifs is 1. The molecule has 3 heteroatoms. The van der Waals surface area contributed by atoms with E-state index in [2.05, 4.69) is 0 Å². The lowest BCUT2D eigenvalue weighted by molar-refractivity contribution is 1.40. The average molecular weight is 166 g/mol. The summed E-state index contributed by atoms with van der Waals surface area (Å²) >= 11 is 0. The van der Waals surface area contributed by atoms with Gasteiger partial charge >= 0.3 is 0 Å². The van der Waals surface area contributed by atoms with E-state index in [4.69, 9.17) is 10.3 Å². The number of benzene rings is 1. The smallest absolute Gasteiger partial charge is 0.0261 e. The Hall–Kier alpha value is -0.770. The van der Waals surface area contributed by atoms with Crippen molar-refractivity contribution in [2.24, 2.45) is 10.3 Å². The summed E-state index contributed by atoms with van der Waals surface area (Å²) in [4.78, 5) is 1.08. The van der Waals surface area contributed by atoms with Gasteiger partial charge in [0.2, 0.25) is 0 Å². The first-order valence-electron chi connectivity index (χ1n) is 3.36. The number of hydrogen-bond donors (Lipinski definition) is 2. The molecule has 0 unspecified atom stereocenters. The zero-order chi connectivity index (χ0) is 7.90. The third-order valence-electron chi connectivity index (χ3n) is 1.77. The molecule has 0 fully saturated rings. The Morgan fingerprint density at radius 1 is 1.09 bits per heavy atom. The molecule has 1 heterocycles. The quantitative estimate of drug-likeness (QED) is 0.614. The maximum Gasteiger partial charge on any atom is 0.0261 e. The van der Waals surface area contributed by atoms with Crippen LogP contribution in [0.3, 0.4) is 0 Å². The molecule has 2 nitrogen and oxygen atoms in total. The predicted molar refractivity (Wildman–Crippen MR) is 49.7 cm³/mol. The Morgan fingerprint density at radius 3 is 2.55 bits per heavy atom. The minimum absolute atomic E-state index is 1.08. The number of rotatable bonds is 0. The van der Waals surface area contributed by atoms with Crippen LogP contribution in [0.4, 0.5) is 0 Å². The molecule has 0 spiro atoms. The van der Waals surface area contributed by atoms with Gasteiger partial charge in [-0.05, 0) is 23.1 Å². The standard InChI is InChI=1S/C8H10N2S/c9-11(10)6-5-7-3-1-2-4-8(7)11/h1-6H,9-10H2. The third-order valence-corrected chi connectivity index (χ3v) is 3.49. The Labute approximate surface area is 67.5 Å². The van der Waals surface area contributed by atoms with E-state index in [1.807, 2.05) is 35.7 Å².